The van der Waals surface area contributed by atoms with Crippen molar-refractivity contribution in [1.82, 2.24) is 9.88 Å². The Morgan fingerprint density at radius 2 is 2.17 bits per heavy atom. The number of aromatic nitrogens is 1. The van der Waals surface area contributed by atoms with Crippen LogP contribution in [0, 0.1) is 12.8 Å². The van der Waals surface area contributed by atoms with E-state index < -0.39 is 5.60 Å². The molecule has 1 aromatic heterocycles. The van der Waals surface area contributed by atoms with Crippen LogP contribution in [0.15, 0.2) is 12.1 Å². The quantitative estimate of drug-likeness (QED) is 0.797. The predicted octanol–water partition coefficient (Wildman–Crippen LogP) is 3.37. The Balaban J connectivity index is 1.78. The van der Waals surface area contributed by atoms with E-state index in [0.29, 0.717) is 12.5 Å². The lowest BCUT2D eigenvalue weighted by atomic mass is 9.80. The van der Waals surface area contributed by atoms with Crippen LogP contribution in [0.2, 0.25) is 0 Å². The summed E-state index contributed by atoms with van der Waals surface area (Å²) in [6.07, 6.45) is 1.80. The molecule has 0 bridgehead atoms. The van der Waals surface area contributed by atoms with Crippen LogP contribution in [-0.2, 0) is 11.2 Å². The van der Waals surface area contributed by atoms with Gasteiger partial charge in [-0.05, 0) is 58.1 Å². The van der Waals surface area contributed by atoms with Crippen molar-refractivity contribution in [2.75, 3.05) is 18.4 Å². The normalized spacial score (nSPS) is 26.8. The fourth-order valence-corrected chi connectivity index (χ4v) is 3.57. The number of ether oxygens (including phenoxy) is 1. The van der Waals surface area contributed by atoms with E-state index in [4.69, 9.17) is 4.74 Å². The molecule has 3 rings (SSSR count). The highest BCUT2D eigenvalue weighted by Gasteiger charge is 2.48. The van der Waals surface area contributed by atoms with Gasteiger partial charge in [-0.3, -0.25) is 0 Å². The molecule has 2 aliphatic rings. The number of hydrogen-bond acceptors (Lipinski definition) is 4. The summed E-state index contributed by atoms with van der Waals surface area (Å²) < 4.78 is 5.54. The van der Waals surface area contributed by atoms with Crippen LogP contribution in [0.1, 0.15) is 45.4 Å². The van der Waals surface area contributed by atoms with E-state index in [1.54, 1.807) is 0 Å². The highest BCUT2D eigenvalue weighted by atomic mass is 16.6. The number of carbonyl (C=O) groups is 1. The number of pyridine rings is 1. The SMILES string of the molecule is Cc1ccc2c(n1)NC1(CC2)CN(C(=O)OC(C)(C)C)C[C@@H]1C. The smallest absolute Gasteiger partial charge is 0.410 e. The molecule has 126 valence electrons. The zero-order valence-corrected chi connectivity index (χ0v) is 14.8. The van der Waals surface area contributed by atoms with E-state index in [2.05, 4.69) is 29.4 Å². The molecule has 1 N–H and O–H groups in total. The van der Waals surface area contributed by atoms with E-state index in [1.807, 2.05) is 32.6 Å². The topological polar surface area (TPSA) is 54.5 Å². The van der Waals surface area contributed by atoms with E-state index in [1.165, 1.54) is 5.56 Å². The maximum absolute atomic E-state index is 12.4. The third kappa shape index (κ3) is 3.14. The van der Waals surface area contributed by atoms with Crippen LogP contribution in [0.3, 0.4) is 0 Å². The molecule has 1 spiro atoms. The first-order valence-corrected chi connectivity index (χ1v) is 8.41. The molecule has 0 aromatic carbocycles. The number of amides is 1. The van der Waals surface area contributed by atoms with Crippen LogP contribution >= 0.6 is 0 Å². The number of hydrogen-bond donors (Lipinski definition) is 1. The first-order chi connectivity index (χ1) is 10.7. The Bertz CT molecular complexity index is 623. The highest BCUT2D eigenvalue weighted by Crippen LogP contribution is 2.39. The van der Waals surface area contributed by atoms with Crippen molar-refractivity contribution in [3.63, 3.8) is 0 Å². The number of aryl methyl sites for hydroxylation is 2. The molecule has 2 atom stereocenters. The van der Waals surface area contributed by atoms with Crippen molar-refractivity contribution in [2.45, 2.75) is 58.6 Å². The van der Waals surface area contributed by atoms with Crippen molar-refractivity contribution < 1.29 is 9.53 Å². The standard InChI is InChI=1S/C18H27N3O2/c1-12-10-21(16(22)23-17(3,4)5)11-18(12)9-8-14-7-6-13(2)19-15(14)20-18/h6-7,12H,8-11H2,1-5H3,(H,19,20)/t12-,18?/m0/s1. The number of fused-ring (bicyclic) bond motifs is 1. The Labute approximate surface area is 138 Å². The maximum Gasteiger partial charge on any atom is 0.410 e. The summed E-state index contributed by atoms with van der Waals surface area (Å²) in [5.74, 6) is 1.35. The number of anilines is 1. The van der Waals surface area contributed by atoms with Gasteiger partial charge in [0.05, 0.1) is 5.54 Å². The van der Waals surface area contributed by atoms with E-state index in [9.17, 15) is 4.79 Å². The number of rotatable bonds is 0. The summed E-state index contributed by atoms with van der Waals surface area (Å²) in [4.78, 5) is 18.9. The molecule has 1 aromatic rings. The van der Waals surface area contributed by atoms with Crippen molar-refractivity contribution in [1.29, 1.82) is 0 Å². The average molecular weight is 317 g/mol. The van der Waals surface area contributed by atoms with Crippen LogP contribution in [0.5, 0.6) is 0 Å². The lowest BCUT2D eigenvalue weighted by molar-refractivity contribution is 0.0282. The molecule has 5 heteroatoms. The summed E-state index contributed by atoms with van der Waals surface area (Å²) in [5, 5.41) is 3.65. The Morgan fingerprint density at radius 1 is 1.43 bits per heavy atom. The molecule has 1 fully saturated rings. The van der Waals surface area contributed by atoms with Gasteiger partial charge < -0.3 is 15.0 Å². The molecular weight excluding hydrogens is 290 g/mol. The molecule has 2 aliphatic heterocycles. The largest absolute Gasteiger partial charge is 0.444 e. The molecule has 5 nitrogen and oxygen atoms in total. The first kappa shape index (κ1) is 16.1. The fourth-order valence-electron chi connectivity index (χ4n) is 3.57. The van der Waals surface area contributed by atoms with Gasteiger partial charge in [0, 0.05) is 18.8 Å². The number of likely N-dealkylation sites (tertiary alicyclic amines) is 1. The zero-order chi connectivity index (χ0) is 16.8. The van der Waals surface area contributed by atoms with Gasteiger partial charge in [0.1, 0.15) is 11.4 Å². The number of nitrogens with one attached hydrogen (secondary N) is 1. The predicted molar refractivity (Wildman–Crippen MR) is 90.6 cm³/mol. The third-order valence-electron chi connectivity index (χ3n) is 4.89. The summed E-state index contributed by atoms with van der Waals surface area (Å²) in [6.45, 7) is 11.3. The second-order valence-electron chi connectivity index (χ2n) is 8.00. The van der Waals surface area contributed by atoms with Gasteiger partial charge >= 0.3 is 6.09 Å². The molecule has 3 heterocycles. The molecular formula is C18H27N3O2. The number of nitrogens with zero attached hydrogens (tertiary/aromatic N) is 2. The summed E-state index contributed by atoms with van der Waals surface area (Å²) >= 11 is 0. The zero-order valence-electron chi connectivity index (χ0n) is 14.8. The molecule has 1 saturated heterocycles. The van der Waals surface area contributed by atoms with E-state index in [-0.39, 0.29) is 11.6 Å². The Morgan fingerprint density at radius 3 is 2.87 bits per heavy atom. The van der Waals surface area contributed by atoms with Crippen molar-refractivity contribution in [3.8, 4) is 0 Å². The number of carbonyl (C=O) groups excluding carboxylic acids is 1. The average Bonchev–Trinajstić information content (AvgIpc) is 2.74. The summed E-state index contributed by atoms with van der Waals surface area (Å²) in [5.41, 5.74) is 1.73. The van der Waals surface area contributed by atoms with Crippen LogP contribution < -0.4 is 5.32 Å². The Kier molecular flexibility index (Phi) is 3.77. The van der Waals surface area contributed by atoms with Crippen molar-refractivity contribution in [3.05, 3.63) is 23.4 Å². The van der Waals surface area contributed by atoms with Gasteiger partial charge in [-0.1, -0.05) is 13.0 Å². The second-order valence-corrected chi connectivity index (χ2v) is 8.00. The van der Waals surface area contributed by atoms with E-state index in [0.717, 1.165) is 30.9 Å². The maximum atomic E-state index is 12.4. The molecule has 23 heavy (non-hydrogen) atoms. The van der Waals surface area contributed by atoms with Crippen LogP contribution in [0.25, 0.3) is 0 Å². The van der Waals surface area contributed by atoms with Gasteiger partial charge in [-0.15, -0.1) is 0 Å². The third-order valence-corrected chi connectivity index (χ3v) is 4.89. The van der Waals surface area contributed by atoms with Gasteiger partial charge in [0.2, 0.25) is 0 Å². The minimum absolute atomic E-state index is 0.0926. The molecule has 1 amide bonds. The van der Waals surface area contributed by atoms with Crippen LogP contribution in [0.4, 0.5) is 10.6 Å². The van der Waals surface area contributed by atoms with Gasteiger partial charge in [-0.25, -0.2) is 9.78 Å². The second kappa shape index (κ2) is 5.39. The van der Waals surface area contributed by atoms with Gasteiger partial charge in [-0.2, -0.15) is 0 Å². The lowest BCUT2D eigenvalue weighted by Crippen LogP contribution is -2.49. The fraction of sp³-hybridized carbons (Fsp3) is 0.667. The van der Waals surface area contributed by atoms with Crippen molar-refractivity contribution in [2.24, 2.45) is 5.92 Å². The highest BCUT2D eigenvalue weighted by molar-refractivity contribution is 5.69. The Hall–Kier alpha value is -1.78. The molecule has 0 saturated carbocycles. The minimum atomic E-state index is -0.457. The lowest BCUT2D eigenvalue weighted by Gasteiger charge is -2.39. The summed E-state index contributed by atoms with van der Waals surface area (Å²) in [6, 6.07) is 4.21. The van der Waals surface area contributed by atoms with E-state index >= 15 is 0 Å². The first-order valence-electron chi connectivity index (χ1n) is 8.41. The van der Waals surface area contributed by atoms with Gasteiger partial charge in [0.25, 0.3) is 0 Å². The molecule has 1 unspecified atom stereocenters. The minimum Gasteiger partial charge on any atom is -0.444 e. The van der Waals surface area contributed by atoms with Crippen molar-refractivity contribution >= 4 is 11.9 Å². The molecule has 0 radical (unpaired) electrons. The van der Waals surface area contributed by atoms with Gasteiger partial charge in [0.15, 0.2) is 0 Å². The van der Waals surface area contributed by atoms with Crippen LogP contribution in [-0.4, -0.2) is 40.2 Å². The monoisotopic (exact) mass is 317 g/mol. The summed E-state index contributed by atoms with van der Waals surface area (Å²) in [7, 11) is 0. The molecule has 0 aliphatic carbocycles.